The topological polar surface area (TPSA) is 57.0 Å². The summed E-state index contributed by atoms with van der Waals surface area (Å²) in [6.45, 7) is 2.69. The van der Waals surface area contributed by atoms with E-state index in [1.54, 1.807) is 6.26 Å². The van der Waals surface area contributed by atoms with E-state index >= 15 is 0 Å². The molecule has 17 heavy (non-hydrogen) atoms. The second-order valence-electron chi connectivity index (χ2n) is 4.14. The van der Waals surface area contributed by atoms with E-state index in [2.05, 4.69) is 5.10 Å². The molecule has 2 heterocycles. The van der Waals surface area contributed by atoms with E-state index in [0.717, 1.165) is 21.9 Å². The van der Waals surface area contributed by atoms with Crippen molar-refractivity contribution in [1.82, 2.24) is 9.78 Å². The lowest BCUT2D eigenvalue weighted by atomic mass is 10.2. The molecule has 0 saturated carbocycles. The number of hydrogen-bond acceptors (Lipinski definition) is 3. The maximum atomic E-state index is 5.81. The van der Waals surface area contributed by atoms with E-state index in [0.29, 0.717) is 6.54 Å². The van der Waals surface area contributed by atoms with Crippen LogP contribution < -0.4 is 5.73 Å². The van der Waals surface area contributed by atoms with E-state index in [4.69, 9.17) is 10.2 Å². The fourth-order valence-corrected chi connectivity index (χ4v) is 2.04. The Hall–Kier alpha value is -1.52. The summed E-state index contributed by atoms with van der Waals surface area (Å²) in [5, 5.41) is 6.57. The third-order valence-electron chi connectivity index (χ3n) is 2.69. The van der Waals surface area contributed by atoms with Crippen molar-refractivity contribution in [2.45, 2.75) is 19.5 Å². The molecule has 0 bridgehead atoms. The maximum absolute atomic E-state index is 5.81. The lowest BCUT2D eigenvalue weighted by Gasteiger charge is -2.06. The summed E-state index contributed by atoms with van der Waals surface area (Å²) >= 11 is 0. The number of hydrogen-bond donors (Lipinski definition) is 1. The molecular weight excluding hydrogens is 238 g/mol. The summed E-state index contributed by atoms with van der Waals surface area (Å²) in [5.41, 5.74) is 7.80. The third-order valence-corrected chi connectivity index (χ3v) is 2.69. The minimum absolute atomic E-state index is 0. The van der Waals surface area contributed by atoms with Gasteiger partial charge in [-0.05, 0) is 25.1 Å². The minimum atomic E-state index is 0. The number of nitrogens with two attached hydrogens (primary N) is 1. The van der Waals surface area contributed by atoms with E-state index in [9.17, 15) is 0 Å². The summed E-state index contributed by atoms with van der Waals surface area (Å²) in [6, 6.07) is 6.04. The van der Waals surface area contributed by atoms with Crippen molar-refractivity contribution in [3.63, 3.8) is 0 Å². The fraction of sp³-hybridized carbons (Fsp3) is 0.250. The highest BCUT2D eigenvalue weighted by Gasteiger charge is 2.09. The Balaban J connectivity index is 0.00000108. The molecule has 0 aliphatic carbocycles. The van der Waals surface area contributed by atoms with E-state index < -0.39 is 0 Å². The summed E-state index contributed by atoms with van der Waals surface area (Å²) in [4.78, 5) is 0. The van der Waals surface area contributed by atoms with E-state index in [1.807, 2.05) is 36.0 Å². The van der Waals surface area contributed by atoms with Crippen LogP contribution in [0.4, 0.5) is 0 Å². The predicted octanol–water partition coefficient (Wildman–Crippen LogP) is 2.55. The van der Waals surface area contributed by atoms with Gasteiger partial charge in [0.2, 0.25) is 0 Å². The van der Waals surface area contributed by atoms with Crippen LogP contribution in [-0.2, 0) is 6.54 Å². The zero-order valence-corrected chi connectivity index (χ0v) is 10.3. The Morgan fingerprint density at radius 2 is 2.24 bits per heavy atom. The van der Waals surface area contributed by atoms with Gasteiger partial charge in [-0.15, -0.1) is 12.4 Å². The third kappa shape index (κ3) is 1.90. The minimum Gasteiger partial charge on any atom is -0.464 e. The molecule has 2 aromatic heterocycles. The Kier molecular flexibility index (Phi) is 3.09. The number of nitrogens with zero attached hydrogens (tertiary/aromatic N) is 2. The number of aromatic nitrogens is 2. The first kappa shape index (κ1) is 12.0. The molecule has 2 N–H and O–H groups in total. The van der Waals surface area contributed by atoms with Crippen LogP contribution in [-0.4, -0.2) is 15.8 Å². The highest BCUT2D eigenvalue weighted by atomic mass is 35.5. The first-order valence-electron chi connectivity index (χ1n) is 5.33. The highest BCUT2D eigenvalue weighted by molar-refractivity contribution is 6.03. The van der Waals surface area contributed by atoms with Gasteiger partial charge in [0.05, 0.1) is 24.5 Å². The Morgan fingerprint density at radius 3 is 3.00 bits per heavy atom. The van der Waals surface area contributed by atoms with Crippen molar-refractivity contribution >= 4 is 34.3 Å². The Bertz CT molecular complexity index is 641. The van der Waals surface area contributed by atoms with Gasteiger partial charge in [0.25, 0.3) is 0 Å². The van der Waals surface area contributed by atoms with Crippen molar-refractivity contribution in [3.05, 3.63) is 30.7 Å². The zero-order chi connectivity index (χ0) is 11.1. The molecule has 3 aromatic rings. The lowest BCUT2D eigenvalue weighted by molar-refractivity contribution is 0.554. The van der Waals surface area contributed by atoms with Gasteiger partial charge in [0.1, 0.15) is 5.58 Å². The van der Waals surface area contributed by atoms with Gasteiger partial charge in [-0.1, -0.05) is 0 Å². The van der Waals surface area contributed by atoms with Crippen LogP contribution >= 0.6 is 12.4 Å². The zero-order valence-electron chi connectivity index (χ0n) is 9.46. The smallest absolute Gasteiger partial charge is 0.136 e. The summed E-state index contributed by atoms with van der Waals surface area (Å²) in [5.74, 6) is 0. The van der Waals surface area contributed by atoms with Crippen LogP contribution in [0.15, 0.2) is 35.1 Å². The van der Waals surface area contributed by atoms with Gasteiger partial charge in [-0.25, -0.2) is 0 Å². The molecule has 0 amide bonds. The van der Waals surface area contributed by atoms with Gasteiger partial charge in [0, 0.05) is 16.8 Å². The molecule has 0 saturated heterocycles. The number of fused-ring (bicyclic) bond motifs is 3. The molecule has 90 valence electrons. The highest BCUT2D eigenvalue weighted by Crippen LogP contribution is 2.25. The number of benzene rings is 1. The molecule has 5 heteroatoms. The lowest BCUT2D eigenvalue weighted by Crippen LogP contribution is -2.22. The molecule has 0 radical (unpaired) electrons. The molecule has 0 unspecified atom stereocenters. The average Bonchev–Trinajstić information content (AvgIpc) is 2.82. The maximum Gasteiger partial charge on any atom is 0.136 e. The molecule has 1 atom stereocenters. The van der Waals surface area contributed by atoms with Crippen LogP contribution in [0.5, 0.6) is 0 Å². The molecule has 1 aromatic carbocycles. The molecule has 0 fully saturated rings. The Morgan fingerprint density at radius 1 is 1.41 bits per heavy atom. The van der Waals surface area contributed by atoms with E-state index in [1.165, 1.54) is 0 Å². The molecule has 0 aliphatic rings. The van der Waals surface area contributed by atoms with Crippen molar-refractivity contribution in [2.75, 3.05) is 0 Å². The summed E-state index contributed by atoms with van der Waals surface area (Å²) in [7, 11) is 0. The van der Waals surface area contributed by atoms with Gasteiger partial charge in [-0.3, -0.25) is 4.68 Å². The van der Waals surface area contributed by atoms with Crippen molar-refractivity contribution in [1.29, 1.82) is 0 Å². The monoisotopic (exact) mass is 251 g/mol. The number of rotatable bonds is 2. The van der Waals surface area contributed by atoms with E-state index in [-0.39, 0.29) is 18.4 Å². The first-order valence-corrected chi connectivity index (χ1v) is 5.33. The summed E-state index contributed by atoms with van der Waals surface area (Å²) < 4.78 is 7.33. The van der Waals surface area contributed by atoms with Crippen LogP contribution in [0.1, 0.15) is 6.92 Å². The number of halogens is 1. The molecule has 3 rings (SSSR count). The first-order chi connectivity index (χ1) is 7.75. The van der Waals surface area contributed by atoms with Crippen molar-refractivity contribution in [3.8, 4) is 0 Å². The molecule has 0 aliphatic heterocycles. The fourth-order valence-electron chi connectivity index (χ4n) is 2.04. The largest absolute Gasteiger partial charge is 0.464 e. The quantitative estimate of drug-likeness (QED) is 0.762. The van der Waals surface area contributed by atoms with Gasteiger partial charge >= 0.3 is 0 Å². The van der Waals surface area contributed by atoms with Crippen LogP contribution in [0.3, 0.4) is 0 Å². The SMILES string of the molecule is C[C@H](N)Cn1ncc2ccc3occc3c21.Cl. The second kappa shape index (κ2) is 4.39. The van der Waals surface area contributed by atoms with Gasteiger partial charge < -0.3 is 10.2 Å². The van der Waals surface area contributed by atoms with Gasteiger partial charge in [-0.2, -0.15) is 5.10 Å². The van der Waals surface area contributed by atoms with Crippen LogP contribution in [0.25, 0.3) is 21.9 Å². The molecule has 0 spiro atoms. The normalized spacial score (nSPS) is 12.8. The average molecular weight is 252 g/mol. The van der Waals surface area contributed by atoms with Crippen LogP contribution in [0.2, 0.25) is 0 Å². The van der Waals surface area contributed by atoms with Gasteiger partial charge in [0.15, 0.2) is 0 Å². The van der Waals surface area contributed by atoms with Crippen molar-refractivity contribution in [2.24, 2.45) is 5.73 Å². The predicted molar refractivity (Wildman–Crippen MR) is 70.4 cm³/mol. The molecule has 4 nitrogen and oxygen atoms in total. The standard InChI is InChI=1S/C12H13N3O.ClH/c1-8(13)7-15-12-9(6-14-15)2-3-11-10(12)4-5-16-11;/h2-6,8H,7,13H2,1H3;1H/t8-;/m0./s1. The Labute approximate surface area is 105 Å². The van der Waals surface area contributed by atoms with Crippen LogP contribution in [0, 0.1) is 0 Å². The molecular formula is C12H14ClN3O. The van der Waals surface area contributed by atoms with Crippen molar-refractivity contribution < 1.29 is 4.42 Å². The second-order valence-corrected chi connectivity index (χ2v) is 4.14. The number of furan rings is 1. The summed E-state index contributed by atoms with van der Waals surface area (Å²) in [6.07, 6.45) is 3.57.